The van der Waals surface area contributed by atoms with Gasteiger partial charge in [0.05, 0.1) is 0 Å². The van der Waals surface area contributed by atoms with E-state index in [0.29, 0.717) is 12.0 Å². The van der Waals surface area contributed by atoms with Crippen LogP contribution in [0.25, 0.3) is 0 Å². The van der Waals surface area contributed by atoms with Crippen molar-refractivity contribution in [1.29, 1.82) is 0 Å². The molecular weight excluding hydrogens is 200 g/mol. The van der Waals surface area contributed by atoms with Crippen LogP contribution in [0.2, 0.25) is 0 Å². The van der Waals surface area contributed by atoms with E-state index in [1.807, 2.05) is 24.3 Å². The number of rotatable bonds is 6. The van der Waals surface area contributed by atoms with Crippen molar-refractivity contribution >= 4 is 5.69 Å². The van der Waals surface area contributed by atoms with E-state index in [9.17, 15) is 0 Å². The minimum absolute atomic E-state index is 0.301. The highest BCUT2D eigenvalue weighted by atomic mass is 16.3. The Morgan fingerprint density at radius 1 is 1.31 bits per heavy atom. The first-order valence-corrected chi connectivity index (χ1v) is 5.91. The summed E-state index contributed by atoms with van der Waals surface area (Å²) in [4.78, 5) is 0. The van der Waals surface area contributed by atoms with Gasteiger partial charge in [0.1, 0.15) is 0 Å². The van der Waals surface area contributed by atoms with Gasteiger partial charge in [-0.1, -0.05) is 18.2 Å². The number of nitrogens with two attached hydrogens (primary N) is 1. The smallest absolute Gasteiger partial charge is 0.0436 e. The second kappa shape index (κ2) is 4.85. The first-order chi connectivity index (χ1) is 7.76. The summed E-state index contributed by atoms with van der Waals surface area (Å²) in [6.45, 7) is 2.11. The van der Waals surface area contributed by atoms with E-state index in [4.69, 9.17) is 10.8 Å². The van der Waals surface area contributed by atoms with Gasteiger partial charge in [-0.2, -0.15) is 0 Å². The monoisotopic (exact) mass is 220 g/mol. The second-order valence-corrected chi connectivity index (χ2v) is 4.78. The number of nitrogens with one attached hydrogen (secondary N) is 1. The summed E-state index contributed by atoms with van der Waals surface area (Å²) in [5, 5.41) is 12.4. The minimum atomic E-state index is 0.301. The van der Waals surface area contributed by atoms with Crippen LogP contribution in [0, 0.1) is 5.41 Å². The van der Waals surface area contributed by atoms with E-state index in [2.05, 4.69) is 5.32 Å². The summed E-state index contributed by atoms with van der Waals surface area (Å²) in [5.41, 5.74) is 8.24. The number of benzene rings is 1. The molecule has 1 aliphatic rings. The lowest BCUT2D eigenvalue weighted by molar-refractivity contribution is 0.245. The van der Waals surface area contributed by atoms with Gasteiger partial charge in [0, 0.05) is 25.4 Å². The van der Waals surface area contributed by atoms with Crippen LogP contribution >= 0.6 is 0 Å². The zero-order valence-electron chi connectivity index (χ0n) is 9.58. The lowest BCUT2D eigenvalue weighted by Crippen LogP contribution is -2.24. The minimum Gasteiger partial charge on any atom is -0.398 e. The van der Waals surface area contributed by atoms with Crippen LogP contribution < -0.4 is 11.1 Å². The van der Waals surface area contributed by atoms with E-state index in [1.165, 1.54) is 12.8 Å². The van der Waals surface area contributed by atoms with Crippen molar-refractivity contribution in [3.63, 3.8) is 0 Å². The molecule has 0 bridgehead atoms. The molecule has 0 unspecified atom stereocenters. The maximum absolute atomic E-state index is 8.95. The molecule has 0 radical (unpaired) electrons. The Morgan fingerprint density at radius 3 is 2.69 bits per heavy atom. The fourth-order valence-corrected chi connectivity index (χ4v) is 2.09. The topological polar surface area (TPSA) is 58.3 Å². The van der Waals surface area contributed by atoms with Gasteiger partial charge in [-0.05, 0) is 36.3 Å². The molecule has 0 aliphatic heterocycles. The van der Waals surface area contributed by atoms with Crippen LogP contribution in [-0.4, -0.2) is 18.3 Å². The number of hydrogen-bond donors (Lipinski definition) is 3. The number of aliphatic hydroxyl groups is 1. The van der Waals surface area contributed by atoms with Gasteiger partial charge < -0.3 is 16.2 Å². The first kappa shape index (κ1) is 11.4. The van der Waals surface area contributed by atoms with E-state index < -0.39 is 0 Å². The third-order valence-corrected chi connectivity index (χ3v) is 3.47. The Labute approximate surface area is 96.7 Å². The van der Waals surface area contributed by atoms with Crippen molar-refractivity contribution in [2.45, 2.75) is 25.8 Å². The van der Waals surface area contributed by atoms with E-state index in [-0.39, 0.29) is 0 Å². The Balaban J connectivity index is 1.78. The molecule has 1 aromatic rings. The maximum atomic E-state index is 8.95. The molecule has 1 fully saturated rings. The fraction of sp³-hybridized carbons (Fsp3) is 0.538. The molecule has 0 atom stereocenters. The number of nitrogen functional groups attached to an aromatic ring is 1. The lowest BCUT2D eigenvalue weighted by Gasteiger charge is -2.15. The number of anilines is 1. The van der Waals surface area contributed by atoms with Crippen molar-refractivity contribution < 1.29 is 5.11 Å². The van der Waals surface area contributed by atoms with Crippen molar-refractivity contribution in [3.05, 3.63) is 29.8 Å². The van der Waals surface area contributed by atoms with Crippen LogP contribution in [0.4, 0.5) is 5.69 Å². The molecule has 3 nitrogen and oxygen atoms in total. The third kappa shape index (κ3) is 2.74. The molecule has 0 amide bonds. The maximum Gasteiger partial charge on any atom is 0.0436 e. The van der Waals surface area contributed by atoms with Crippen LogP contribution in [0.3, 0.4) is 0 Å². The predicted octanol–water partition coefficient (Wildman–Crippen LogP) is 1.52. The standard InChI is InChI=1S/C13H20N2O/c14-12-4-2-1-3-11(12)9-15-10-13(5-6-13)7-8-16/h1-4,15-16H,5-10,14H2. The van der Waals surface area contributed by atoms with Gasteiger partial charge in [-0.15, -0.1) is 0 Å². The average Bonchev–Trinajstić information content (AvgIpc) is 3.02. The summed E-state index contributed by atoms with van der Waals surface area (Å²) in [7, 11) is 0. The van der Waals surface area contributed by atoms with Crippen molar-refractivity contribution in [2.24, 2.45) is 5.41 Å². The highest BCUT2D eigenvalue weighted by molar-refractivity contribution is 5.46. The van der Waals surface area contributed by atoms with Crippen molar-refractivity contribution in [3.8, 4) is 0 Å². The molecule has 88 valence electrons. The summed E-state index contributed by atoms with van der Waals surface area (Å²) in [5.74, 6) is 0. The molecule has 3 heteroatoms. The zero-order valence-corrected chi connectivity index (χ0v) is 9.58. The van der Waals surface area contributed by atoms with Crippen molar-refractivity contribution in [2.75, 3.05) is 18.9 Å². The van der Waals surface area contributed by atoms with Crippen LogP contribution in [0.1, 0.15) is 24.8 Å². The Kier molecular flexibility index (Phi) is 3.46. The molecule has 0 heterocycles. The largest absolute Gasteiger partial charge is 0.398 e. The van der Waals surface area contributed by atoms with E-state index >= 15 is 0 Å². The van der Waals surface area contributed by atoms with Gasteiger partial charge >= 0.3 is 0 Å². The van der Waals surface area contributed by atoms with Gasteiger partial charge in [0.15, 0.2) is 0 Å². The molecule has 0 saturated heterocycles. The second-order valence-electron chi connectivity index (χ2n) is 4.78. The first-order valence-electron chi connectivity index (χ1n) is 5.91. The van der Waals surface area contributed by atoms with Crippen LogP contribution in [0.5, 0.6) is 0 Å². The quantitative estimate of drug-likeness (QED) is 0.637. The lowest BCUT2D eigenvalue weighted by atomic mass is 10.0. The van der Waals surface area contributed by atoms with Crippen LogP contribution in [0.15, 0.2) is 24.3 Å². The van der Waals surface area contributed by atoms with Gasteiger partial charge in [-0.25, -0.2) is 0 Å². The van der Waals surface area contributed by atoms with E-state index in [0.717, 1.165) is 30.8 Å². The molecule has 2 rings (SSSR count). The van der Waals surface area contributed by atoms with Crippen LogP contribution in [-0.2, 0) is 6.54 Å². The Hall–Kier alpha value is -1.06. The van der Waals surface area contributed by atoms with Gasteiger partial charge in [0.2, 0.25) is 0 Å². The molecule has 0 aromatic heterocycles. The molecule has 1 aromatic carbocycles. The third-order valence-electron chi connectivity index (χ3n) is 3.47. The highest BCUT2D eigenvalue weighted by Crippen LogP contribution is 2.47. The number of para-hydroxylation sites is 1. The molecule has 1 aliphatic carbocycles. The van der Waals surface area contributed by atoms with E-state index in [1.54, 1.807) is 0 Å². The summed E-state index contributed by atoms with van der Waals surface area (Å²) < 4.78 is 0. The molecule has 4 N–H and O–H groups in total. The normalized spacial score (nSPS) is 17.3. The zero-order chi connectivity index (χ0) is 11.4. The predicted molar refractivity (Wildman–Crippen MR) is 65.9 cm³/mol. The average molecular weight is 220 g/mol. The molecule has 1 saturated carbocycles. The van der Waals surface area contributed by atoms with Gasteiger partial charge in [-0.3, -0.25) is 0 Å². The highest BCUT2D eigenvalue weighted by Gasteiger charge is 2.41. The SMILES string of the molecule is Nc1ccccc1CNCC1(CCO)CC1. The summed E-state index contributed by atoms with van der Waals surface area (Å²) in [6, 6.07) is 7.94. The number of hydrogen-bond acceptors (Lipinski definition) is 3. The summed E-state index contributed by atoms with van der Waals surface area (Å²) >= 11 is 0. The Morgan fingerprint density at radius 2 is 2.06 bits per heavy atom. The molecular formula is C13H20N2O. The molecule has 0 spiro atoms. The van der Waals surface area contributed by atoms with Crippen molar-refractivity contribution in [1.82, 2.24) is 5.32 Å². The fourth-order valence-electron chi connectivity index (χ4n) is 2.09. The Bertz CT molecular complexity index is 348. The number of aliphatic hydroxyl groups excluding tert-OH is 1. The molecule has 16 heavy (non-hydrogen) atoms. The summed E-state index contributed by atoms with van der Waals surface area (Å²) in [6.07, 6.45) is 3.40. The van der Waals surface area contributed by atoms with Gasteiger partial charge in [0.25, 0.3) is 0 Å².